The zero-order chi connectivity index (χ0) is 38.5. The Morgan fingerprint density at radius 3 is 1.55 bits per heavy atom. The number of hydrogen-bond donors (Lipinski definition) is 2. The van der Waals surface area contributed by atoms with Crippen LogP contribution in [-0.2, 0) is 39.5 Å². The normalized spacial score (nSPS) is 21.2. The molecule has 2 N–H and O–H groups in total. The number of ether oxygens (including phenoxy) is 2. The van der Waals surface area contributed by atoms with Crippen LogP contribution in [0.15, 0.2) is 36.7 Å². The van der Waals surface area contributed by atoms with Gasteiger partial charge < -0.3 is 24.6 Å². The molecule has 0 radical (unpaired) electrons. The Balaban J connectivity index is 0.000000276. The van der Waals surface area contributed by atoms with Crippen LogP contribution in [0.25, 0.3) is 0 Å². The second kappa shape index (κ2) is 16.0. The van der Waals surface area contributed by atoms with Gasteiger partial charge in [-0.2, -0.15) is 26.3 Å². The van der Waals surface area contributed by atoms with Crippen molar-refractivity contribution in [1.29, 1.82) is 0 Å². The molecule has 4 atom stereocenters. The van der Waals surface area contributed by atoms with Gasteiger partial charge in [0.1, 0.15) is 28.6 Å². The number of aliphatic hydroxyl groups is 1. The smallest absolute Gasteiger partial charge is 0.433 e. The molecule has 0 saturated carbocycles. The summed E-state index contributed by atoms with van der Waals surface area (Å²) in [4.78, 5) is 45.2. The van der Waals surface area contributed by atoms with Crippen LogP contribution in [0.1, 0.15) is 76.9 Å². The van der Waals surface area contributed by atoms with E-state index in [1.54, 1.807) is 47.6 Å². The molecule has 4 heterocycles. The first-order chi connectivity index (χ1) is 23.4. The van der Waals surface area contributed by atoms with Crippen molar-refractivity contribution < 1.29 is 60.4 Å². The van der Waals surface area contributed by atoms with E-state index < -0.39 is 59.1 Å². The number of carboxylic acids is 1. The van der Waals surface area contributed by atoms with Gasteiger partial charge in [-0.3, -0.25) is 14.9 Å². The minimum Gasteiger partial charge on any atom is -0.480 e. The van der Waals surface area contributed by atoms with Crippen LogP contribution in [-0.4, -0.2) is 91.1 Å². The number of rotatable bonds is 6. The van der Waals surface area contributed by atoms with Gasteiger partial charge in [0.2, 0.25) is 0 Å². The molecule has 2 aliphatic heterocycles. The quantitative estimate of drug-likeness (QED) is 0.314. The van der Waals surface area contributed by atoms with Crippen molar-refractivity contribution in [3.63, 3.8) is 0 Å². The van der Waals surface area contributed by atoms with Crippen LogP contribution < -0.4 is 0 Å². The Morgan fingerprint density at radius 1 is 0.745 bits per heavy atom. The van der Waals surface area contributed by atoms with Gasteiger partial charge in [-0.25, -0.2) is 14.4 Å². The lowest BCUT2D eigenvalue weighted by molar-refractivity contribution is -0.142. The number of carbonyl (C=O) groups excluding carboxylic acids is 2. The van der Waals surface area contributed by atoms with E-state index in [0.29, 0.717) is 30.5 Å². The largest absolute Gasteiger partial charge is 0.480 e. The molecule has 2 aromatic rings. The summed E-state index contributed by atoms with van der Waals surface area (Å²) in [6.45, 7) is 10.5. The summed E-state index contributed by atoms with van der Waals surface area (Å²) in [5.74, 6) is -1.50. The predicted molar refractivity (Wildman–Crippen MR) is 170 cm³/mol. The third kappa shape index (κ3) is 12.5. The van der Waals surface area contributed by atoms with Gasteiger partial charge in [-0.1, -0.05) is 0 Å². The lowest BCUT2D eigenvalue weighted by Crippen LogP contribution is -2.43. The summed E-state index contributed by atoms with van der Waals surface area (Å²) in [5, 5.41) is 18.9. The zero-order valence-corrected chi connectivity index (χ0v) is 29.2. The van der Waals surface area contributed by atoms with Gasteiger partial charge in [0, 0.05) is 25.5 Å². The molecule has 2 aromatic heterocycles. The van der Waals surface area contributed by atoms with Crippen molar-refractivity contribution in [2.24, 2.45) is 11.8 Å². The van der Waals surface area contributed by atoms with Crippen molar-refractivity contribution >= 4 is 18.2 Å². The fourth-order valence-corrected chi connectivity index (χ4v) is 5.89. The van der Waals surface area contributed by atoms with E-state index in [0.717, 1.165) is 29.4 Å². The highest BCUT2D eigenvalue weighted by Crippen LogP contribution is 2.33. The van der Waals surface area contributed by atoms with Gasteiger partial charge in [0.05, 0.1) is 12.6 Å². The third-order valence-electron chi connectivity index (χ3n) is 7.92. The minimum atomic E-state index is -4.54. The molecule has 0 aromatic carbocycles. The number of aliphatic hydroxyl groups excluding tert-OH is 1. The molecule has 51 heavy (non-hydrogen) atoms. The molecule has 0 bridgehead atoms. The van der Waals surface area contributed by atoms with Crippen LogP contribution >= 0.6 is 0 Å². The molecule has 4 rings (SSSR count). The van der Waals surface area contributed by atoms with Crippen LogP contribution in [0.4, 0.5) is 35.9 Å². The Hall–Kier alpha value is -4.15. The zero-order valence-electron chi connectivity index (χ0n) is 29.2. The van der Waals surface area contributed by atoms with Crippen molar-refractivity contribution in [2.75, 3.05) is 19.7 Å². The number of alkyl halides is 6. The Bertz CT molecular complexity index is 1520. The highest BCUT2D eigenvalue weighted by Gasteiger charge is 2.42. The Morgan fingerprint density at radius 2 is 1.16 bits per heavy atom. The maximum atomic E-state index is 12.8. The molecule has 0 unspecified atom stereocenters. The van der Waals surface area contributed by atoms with E-state index in [-0.39, 0.29) is 43.9 Å². The van der Waals surface area contributed by atoms with Crippen molar-refractivity contribution in [3.8, 4) is 0 Å². The number of amides is 2. The topological polar surface area (TPSA) is 142 Å². The third-order valence-corrected chi connectivity index (χ3v) is 7.92. The SMILES string of the molecule is CC(C)(C)OC(=O)N1C[C@H](Cc2ccnc(C(F)(F)F)c2)C[C@H]1C(=O)O.CC(C)(C)OC(=O)N1C[C@H](Cc2ccnc(C(F)(F)F)c2)C[C@H]1CO. The predicted octanol–water partition coefficient (Wildman–Crippen LogP) is 6.61. The molecule has 0 aliphatic carbocycles. The van der Waals surface area contributed by atoms with Gasteiger partial charge in [0.15, 0.2) is 0 Å². The number of aliphatic carboxylic acids is 1. The number of pyridine rings is 2. The number of halogens is 6. The van der Waals surface area contributed by atoms with Gasteiger partial charge in [0.25, 0.3) is 0 Å². The number of hydrogen-bond acceptors (Lipinski definition) is 8. The van der Waals surface area contributed by atoms with E-state index >= 15 is 0 Å². The molecule has 284 valence electrons. The van der Waals surface area contributed by atoms with E-state index in [1.165, 1.54) is 11.0 Å². The highest BCUT2D eigenvalue weighted by atomic mass is 19.4. The number of nitrogens with zero attached hydrogens (tertiary/aromatic N) is 4. The van der Waals surface area contributed by atoms with E-state index in [4.69, 9.17) is 9.47 Å². The van der Waals surface area contributed by atoms with E-state index in [1.807, 2.05) is 0 Å². The van der Waals surface area contributed by atoms with E-state index in [9.17, 15) is 50.9 Å². The van der Waals surface area contributed by atoms with Crippen LogP contribution in [0, 0.1) is 11.8 Å². The Kier molecular flexibility index (Phi) is 13.0. The minimum absolute atomic E-state index is 0.0480. The molecule has 2 saturated heterocycles. The number of carboxylic acid groups (broad SMARTS) is 1. The summed E-state index contributed by atoms with van der Waals surface area (Å²) in [7, 11) is 0. The highest BCUT2D eigenvalue weighted by molar-refractivity contribution is 5.81. The number of aromatic nitrogens is 2. The molecule has 0 spiro atoms. The first-order valence-electron chi connectivity index (χ1n) is 16.2. The first kappa shape index (κ1) is 41.3. The summed E-state index contributed by atoms with van der Waals surface area (Å²) in [5.41, 5.74) is -2.44. The molecular formula is C34H44F6N4O7. The summed E-state index contributed by atoms with van der Waals surface area (Å²) >= 11 is 0. The maximum Gasteiger partial charge on any atom is 0.433 e. The summed E-state index contributed by atoms with van der Waals surface area (Å²) < 4.78 is 87.1. The second-order valence-corrected chi connectivity index (χ2v) is 14.7. The fraction of sp³-hybridized carbons (Fsp3) is 0.618. The van der Waals surface area contributed by atoms with Gasteiger partial charge >= 0.3 is 30.5 Å². The summed E-state index contributed by atoms with van der Waals surface area (Å²) in [6, 6.07) is 3.54. The molecule has 2 aliphatic rings. The van der Waals surface area contributed by atoms with Crippen LogP contribution in [0.3, 0.4) is 0 Å². The second-order valence-electron chi connectivity index (χ2n) is 14.7. The molecule has 17 heteroatoms. The van der Waals surface area contributed by atoms with E-state index in [2.05, 4.69) is 9.97 Å². The maximum absolute atomic E-state index is 12.8. The number of likely N-dealkylation sites (tertiary alicyclic amines) is 2. The molecule has 2 amide bonds. The van der Waals surface area contributed by atoms with Crippen LogP contribution in [0.2, 0.25) is 0 Å². The number of carbonyl (C=O) groups is 3. The lowest BCUT2D eigenvalue weighted by atomic mass is 9.97. The van der Waals surface area contributed by atoms with Gasteiger partial charge in [-0.05, 0) is 114 Å². The standard InChI is InChI=1S/C17H21F3N2O4.C17H23F3N2O3/c1-16(2,3)26-15(25)22-9-11(7-12(22)14(23)24)6-10-4-5-21-13(8-10)17(18,19)20;1-16(2,3)25-15(24)22-9-12(7-13(22)10-23)6-11-4-5-21-14(8-11)17(18,19)20/h4-5,8,11-12H,6-7,9H2,1-3H3,(H,23,24);4-5,8,12-13,23H,6-7,9-10H2,1-3H3/t11-,12+;12-,13+/m11/s1. The Labute approximate surface area is 291 Å². The fourth-order valence-electron chi connectivity index (χ4n) is 5.89. The summed E-state index contributed by atoms with van der Waals surface area (Å²) in [6.07, 6.45) is -6.80. The van der Waals surface area contributed by atoms with Gasteiger partial charge in [-0.15, -0.1) is 0 Å². The average Bonchev–Trinajstić information content (AvgIpc) is 3.60. The first-order valence-corrected chi connectivity index (χ1v) is 16.2. The van der Waals surface area contributed by atoms with Crippen molar-refractivity contribution in [2.45, 2.75) is 103 Å². The monoisotopic (exact) mass is 734 g/mol. The molecule has 2 fully saturated rings. The van der Waals surface area contributed by atoms with Crippen molar-refractivity contribution in [3.05, 3.63) is 59.2 Å². The van der Waals surface area contributed by atoms with Crippen molar-refractivity contribution in [1.82, 2.24) is 19.8 Å². The average molecular weight is 735 g/mol. The molecular weight excluding hydrogens is 690 g/mol. The van der Waals surface area contributed by atoms with Crippen LogP contribution in [0.5, 0.6) is 0 Å². The molecule has 11 nitrogen and oxygen atoms in total. The lowest BCUT2D eigenvalue weighted by Gasteiger charge is -2.27.